The van der Waals surface area contributed by atoms with Crippen molar-refractivity contribution in [2.75, 3.05) is 13.6 Å². The molecule has 0 spiro atoms. The Hall–Kier alpha value is -0.900. The van der Waals surface area contributed by atoms with Crippen LogP contribution in [0.2, 0.25) is 0 Å². The first-order valence-electron chi connectivity index (χ1n) is 7.65. The summed E-state index contributed by atoms with van der Waals surface area (Å²) in [6, 6.07) is -0.257. The maximum Gasteiger partial charge on any atom is 0.234 e. The number of rotatable bonds is 8. The van der Waals surface area contributed by atoms with Gasteiger partial charge in [-0.15, -0.1) is 0 Å². The molecule has 0 aromatic heterocycles. The van der Waals surface area contributed by atoms with Crippen LogP contribution < -0.4 is 10.6 Å². The van der Waals surface area contributed by atoms with Crippen LogP contribution in [-0.4, -0.2) is 31.3 Å². The van der Waals surface area contributed by atoms with Crippen LogP contribution in [-0.2, 0) is 9.59 Å². The average molecular weight is 268 g/mol. The zero-order chi connectivity index (χ0) is 14.1. The van der Waals surface area contributed by atoms with E-state index in [1.54, 1.807) is 7.05 Å². The summed E-state index contributed by atoms with van der Waals surface area (Å²) in [7, 11) is 1.74. The molecule has 19 heavy (non-hydrogen) atoms. The van der Waals surface area contributed by atoms with E-state index in [4.69, 9.17) is 0 Å². The van der Waals surface area contributed by atoms with Gasteiger partial charge in [0.05, 0.1) is 12.6 Å². The molecule has 0 saturated heterocycles. The predicted molar refractivity (Wildman–Crippen MR) is 77.0 cm³/mol. The van der Waals surface area contributed by atoms with Crippen molar-refractivity contribution in [3.8, 4) is 0 Å². The van der Waals surface area contributed by atoms with Crippen LogP contribution in [0.25, 0.3) is 0 Å². The number of ketones is 1. The first-order chi connectivity index (χ1) is 9.19. The van der Waals surface area contributed by atoms with Crippen LogP contribution in [0.3, 0.4) is 0 Å². The van der Waals surface area contributed by atoms with Crippen molar-refractivity contribution >= 4 is 11.7 Å². The van der Waals surface area contributed by atoms with Crippen LogP contribution in [0, 0.1) is 5.92 Å². The Morgan fingerprint density at radius 3 is 2.47 bits per heavy atom. The Balaban J connectivity index is 2.60. The van der Waals surface area contributed by atoms with E-state index in [-0.39, 0.29) is 24.3 Å². The number of hydrogen-bond donors (Lipinski definition) is 2. The molecule has 0 bridgehead atoms. The van der Waals surface area contributed by atoms with Gasteiger partial charge in [-0.05, 0) is 32.2 Å². The lowest BCUT2D eigenvalue weighted by molar-refractivity contribution is -0.129. The minimum Gasteiger partial charge on any atom is -0.345 e. The molecule has 0 aromatic carbocycles. The van der Waals surface area contributed by atoms with Crippen molar-refractivity contribution in [2.45, 2.75) is 64.3 Å². The number of amides is 1. The zero-order valence-corrected chi connectivity index (χ0v) is 12.3. The van der Waals surface area contributed by atoms with Gasteiger partial charge >= 0.3 is 0 Å². The monoisotopic (exact) mass is 268 g/mol. The highest BCUT2D eigenvalue weighted by Crippen LogP contribution is 2.27. The summed E-state index contributed by atoms with van der Waals surface area (Å²) in [5, 5.41) is 5.78. The fourth-order valence-electron chi connectivity index (χ4n) is 2.82. The number of hydrogen-bond acceptors (Lipinski definition) is 3. The van der Waals surface area contributed by atoms with E-state index in [2.05, 4.69) is 17.6 Å². The largest absolute Gasteiger partial charge is 0.345 e. The summed E-state index contributed by atoms with van der Waals surface area (Å²) in [5.74, 6) is 0.500. The smallest absolute Gasteiger partial charge is 0.234 e. The molecule has 1 saturated carbocycles. The number of likely N-dealkylation sites (N-methyl/N-ethyl adjacent to an activating group) is 1. The van der Waals surface area contributed by atoms with Crippen LogP contribution in [0.15, 0.2) is 0 Å². The standard InChI is InChI=1S/C15H28N2O2/c1-3-4-10-13(18)15(17-14(19)11-16-2)12-8-6-5-7-9-12/h12,15-16H,3-11H2,1-2H3,(H,17,19). The summed E-state index contributed by atoms with van der Waals surface area (Å²) < 4.78 is 0. The molecule has 1 amide bonds. The van der Waals surface area contributed by atoms with Gasteiger partial charge in [0.2, 0.25) is 5.91 Å². The highest BCUT2D eigenvalue weighted by atomic mass is 16.2. The van der Waals surface area contributed by atoms with Gasteiger partial charge in [0, 0.05) is 6.42 Å². The van der Waals surface area contributed by atoms with E-state index < -0.39 is 0 Å². The Kier molecular flexibility index (Phi) is 7.72. The first-order valence-corrected chi connectivity index (χ1v) is 7.65. The second kappa shape index (κ2) is 9.08. The normalized spacial score (nSPS) is 18.0. The molecule has 0 heterocycles. The lowest BCUT2D eigenvalue weighted by Gasteiger charge is -2.30. The maximum absolute atomic E-state index is 12.3. The maximum atomic E-state index is 12.3. The highest BCUT2D eigenvalue weighted by Gasteiger charge is 2.29. The lowest BCUT2D eigenvalue weighted by atomic mass is 9.81. The van der Waals surface area contributed by atoms with Crippen molar-refractivity contribution in [2.24, 2.45) is 5.92 Å². The summed E-state index contributed by atoms with van der Waals surface area (Å²) in [4.78, 5) is 24.1. The van der Waals surface area contributed by atoms with Crippen LogP contribution in [0.4, 0.5) is 0 Å². The highest BCUT2D eigenvalue weighted by molar-refractivity contribution is 5.89. The molecule has 4 nitrogen and oxygen atoms in total. The Labute approximate surface area is 116 Å². The van der Waals surface area contributed by atoms with E-state index in [9.17, 15) is 9.59 Å². The number of carbonyl (C=O) groups is 2. The molecule has 4 heteroatoms. The number of carbonyl (C=O) groups excluding carboxylic acids is 2. The summed E-state index contributed by atoms with van der Waals surface area (Å²) in [5.41, 5.74) is 0. The van der Waals surface area contributed by atoms with Gasteiger partial charge in [-0.1, -0.05) is 32.6 Å². The van der Waals surface area contributed by atoms with Gasteiger partial charge in [0.25, 0.3) is 0 Å². The molecule has 0 aliphatic heterocycles. The molecule has 1 fully saturated rings. The van der Waals surface area contributed by atoms with E-state index in [0.29, 0.717) is 12.3 Å². The average Bonchev–Trinajstić information content (AvgIpc) is 2.43. The minimum atomic E-state index is -0.257. The van der Waals surface area contributed by atoms with Crippen LogP contribution in [0.5, 0.6) is 0 Å². The Morgan fingerprint density at radius 1 is 1.21 bits per heavy atom. The molecular weight excluding hydrogens is 240 g/mol. The van der Waals surface area contributed by atoms with Crippen molar-refractivity contribution < 1.29 is 9.59 Å². The molecule has 1 aliphatic rings. The molecule has 110 valence electrons. The fraction of sp³-hybridized carbons (Fsp3) is 0.867. The molecule has 0 aromatic rings. The van der Waals surface area contributed by atoms with Crippen LogP contribution in [0.1, 0.15) is 58.3 Å². The molecule has 1 atom stereocenters. The van der Waals surface area contributed by atoms with Crippen molar-refractivity contribution in [1.29, 1.82) is 0 Å². The van der Waals surface area contributed by atoms with Gasteiger partial charge < -0.3 is 10.6 Å². The number of Topliss-reactive ketones (excluding diaryl/α,β-unsaturated/α-hetero) is 1. The van der Waals surface area contributed by atoms with Gasteiger partial charge in [-0.25, -0.2) is 0 Å². The van der Waals surface area contributed by atoms with Gasteiger partial charge in [-0.2, -0.15) is 0 Å². The predicted octanol–water partition coefficient (Wildman–Crippen LogP) is 2.03. The second-order valence-electron chi connectivity index (χ2n) is 5.54. The van der Waals surface area contributed by atoms with E-state index in [0.717, 1.165) is 25.7 Å². The zero-order valence-electron chi connectivity index (χ0n) is 12.3. The topological polar surface area (TPSA) is 58.2 Å². The molecular formula is C15H28N2O2. The van der Waals surface area contributed by atoms with Gasteiger partial charge in [0.1, 0.15) is 0 Å². The fourth-order valence-corrected chi connectivity index (χ4v) is 2.82. The molecule has 0 radical (unpaired) electrons. The Bertz CT molecular complexity index is 286. The first kappa shape index (κ1) is 16.2. The minimum absolute atomic E-state index is 0.0667. The number of unbranched alkanes of at least 4 members (excludes halogenated alkanes) is 1. The molecule has 2 N–H and O–H groups in total. The lowest BCUT2D eigenvalue weighted by Crippen LogP contribution is -2.48. The van der Waals surface area contributed by atoms with E-state index in [1.807, 2.05) is 0 Å². The molecule has 1 unspecified atom stereocenters. The quantitative estimate of drug-likeness (QED) is 0.708. The third kappa shape index (κ3) is 5.72. The third-order valence-electron chi connectivity index (χ3n) is 3.90. The summed E-state index contributed by atoms with van der Waals surface area (Å²) in [6.07, 6.45) is 8.31. The third-order valence-corrected chi connectivity index (χ3v) is 3.90. The second-order valence-corrected chi connectivity index (χ2v) is 5.54. The molecule has 1 rings (SSSR count). The summed E-state index contributed by atoms with van der Waals surface area (Å²) >= 11 is 0. The number of nitrogens with one attached hydrogen (secondary N) is 2. The van der Waals surface area contributed by atoms with Gasteiger partial charge in [-0.3, -0.25) is 9.59 Å². The summed E-state index contributed by atoms with van der Waals surface area (Å²) in [6.45, 7) is 2.37. The van der Waals surface area contributed by atoms with Gasteiger partial charge in [0.15, 0.2) is 5.78 Å². The van der Waals surface area contributed by atoms with Crippen molar-refractivity contribution in [3.63, 3.8) is 0 Å². The van der Waals surface area contributed by atoms with Crippen molar-refractivity contribution in [1.82, 2.24) is 10.6 Å². The van der Waals surface area contributed by atoms with E-state index in [1.165, 1.54) is 19.3 Å². The SMILES string of the molecule is CCCCC(=O)C(NC(=O)CNC)C1CCCCC1. The van der Waals surface area contributed by atoms with E-state index >= 15 is 0 Å². The van der Waals surface area contributed by atoms with Crippen molar-refractivity contribution in [3.05, 3.63) is 0 Å². The Morgan fingerprint density at radius 2 is 1.89 bits per heavy atom. The van der Waals surface area contributed by atoms with Crippen LogP contribution >= 0.6 is 0 Å². The molecule has 1 aliphatic carbocycles.